The average molecular weight is 653 g/mol. The first-order chi connectivity index (χ1) is 21.3. The fourth-order valence-electron chi connectivity index (χ4n) is 8.67. The molecule has 9 heteroatoms. The third-order valence-corrected chi connectivity index (χ3v) is 12.1. The van der Waals surface area contributed by atoms with Crippen molar-refractivity contribution in [3.63, 3.8) is 0 Å². The summed E-state index contributed by atoms with van der Waals surface area (Å²) in [4.78, 5) is 0. The van der Waals surface area contributed by atoms with Crippen LogP contribution < -0.4 is 4.74 Å². The van der Waals surface area contributed by atoms with Crippen LogP contribution in [0.15, 0.2) is 55.1 Å². The zero-order chi connectivity index (χ0) is 32.5. The van der Waals surface area contributed by atoms with Crippen molar-refractivity contribution in [2.75, 3.05) is 18.1 Å². The number of hydrogen-bond donors (Lipinski definition) is 2. The Kier molecular flexibility index (Phi) is 10.2. The minimum atomic E-state index is -5.47. The third kappa shape index (κ3) is 6.76. The summed E-state index contributed by atoms with van der Waals surface area (Å²) in [5, 5.41) is 21.5. The number of aliphatic hydroxyl groups excluding tert-OH is 1. The molecule has 3 nitrogen and oxygen atoms in total. The van der Waals surface area contributed by atoms with E-state index in [0.717, 1.165) is 62.9 Å². The predicted molar refractivity (Wildman–Crippen MR) is 169 cm³/mol. The van der Waals surface area contributed by atoms with Crippen LogP contribution in [0.4, 0.5) is 22.0 Å². The van der Waals surface area contributed by atoms with E-state index in [1.807, 2.05) is 18.2 Å². The Balaban J connectivity index is 1.16. The highest BCUT2D eigenvalue weighted by Crippen LogP contribution is 2.71. The molecule has 0 bridgehead atoms. The van der Waals surface area contributed by atoms with Gasteiger partial charge in [0.1, 0.15) is 11.5 Å². The number of benzene rings is 2. The maximum atomic E-state index is 13.0. The molecule has 0 saturated heterocycles. The summed E-state index contributed by atoms with van der Waals surface area (Å²) in [6.45, 7) is 7.18. The number of unbranched alkanes of at least 4 members (excludes halogenated alkanes) is 2. The molecular weight excluding hydrogens is 607 g/mol. The summed E-state index contributed by atoms with van der Waals surface area (Å²) < 4.78 is 68.7. The first-order valence-corrected chi connectivity index (χ1v) is 17.4. The lowest BCUT2D eigenvalue weighted by Crippen LogP contribution is -2.53. The van der Waals surface area contributed by atoms with Crippen LogP contribution in [0.1, 0.15) is 93.2 Å². The van der Waals surface area contributed by atoms with Crippen LogP contribution >= 0.6 is 11.8 Å². The van der Waals surface area contributed by atoms with Gasteiger partial charge in [0, 0.05) is 12.3 Å². The van der Waals surface area contributed by atoms with Crippen molar-refractivity contribution >= 4 is 11.8 Å². The van der Waals surface area contributed by atoms with Crippen molar-refractivity contribution in [1.82, 2.24) is 0 Å². The molecule has 0 unspecified atom stereocenters. The second-order valence-electron chi connectivity index (χ2n) is 13.5. The van der Waals surface area contributed by atoms with Crippen LogP contribution in [0.2, 0.25) is 0 Å². The second-order valence-corrected chi connectivity index (χ2v) is 14.8. The Morgan fingerprint density at radius 2 is 1.73 bits per heavy atom. The van der Waals surface area contributed by atoms with Gasteiger partial charge in [0.25, 0.3) is 0 Å². The number of phenolic OH excluding ortho intramolecular Hbond substituents is 1. The Labute approximate surface area is 267 Å². The molecule has 2 N–H and O–H groups in total. The standard InChI is InChI=1S/C36H45F5O3S/c1-3-34-18-16-25-22-26(42)10-13-28(25)32(34)29(23-33(2)30(34)14-15-31(33)43)24-8-11-27(12-9-24)44-19-5-4-6-20-45-21-7-17-35(37,38)36(39,40)41/h3,8-13,22,29-32,42-43H,1,4-7,14-21,23H2,2H3/t29-,30-,31+,32+,33+,34+/m1/s1. The van der Waals surface area contributed by atoms with Gasteiger partial charge >= 0.3 is 12.1 Å². The van der Waals surface area contributed by atoms with Crippen molar-refractivity contribution in [2.45, 2.75) is 101 Å². The molecule has 0 spiro atoms. The number of ether oxygens (including phenoxy) is 1. The van der Waals surface area contributed by atoms with E-state index in [4.69, 9.17) is 4.74 Å². The fraction of sp³-hybridized carbons (Fsp3) is 0.611. The number of rotatable bonds is 13. The van der Waals surface area contributed by atoms with Crippen LogP contribution in [-0.2, 0) is 6.42 Å². The van der Waals surface area contributed by atoms with E-state index in [1.54, 1.807) is 6.07 Å². The van der Waals surface area contributed by atoms with E-state index < -0.39 is 18.5 Å². The molecule has 6 atom stereocenters. The number of halogens is 5. The van der Waals surface area contributed by atoms with Crippen molar-refractivity contribution in [3.8, 4) is 11.5 Å². The Hall–Kier alpha value is -2.26. The number of aromatic hydroxyl groups is 1. The number of alkyl halides is 5. The lowest BCUT2D eigenvalue weighted by Gasteiger charge is -2.60. The number of thioether (sulfide) groups is 1. The quantitative estimate of drug-likeness (QED) is 0.129. The summed E-state index contributed by atoms with van der Waals surface area (Å²) >= 11 is 1.41. The van der Waals surface area contributed by atoms with Gasteiger partial charge in [-0.3, -0.25) is 0 Å². The zero-order valence-corrected chi connectivity index (χ0v) is 26.7. The third-order valence-electron chi connectivity index (χ3n) is 10.9. The molecule has 0 amide bonds. The van der Waals surface area contributed by atoms with Crippen LogP contribution in [0.25, 0.3) is 0 Å². The highest BCUT2D eigenvalue weighted by Gasteiger charge is 2.63. The molecule has 0 aromatic heterocycles. The van der Waals surface area contributed by atoms with E-state index in [-0.39, 0.29) is 40.9 Å². The number of aliphatic hydroxyl groups is 1. The lowest BCUT2D eigenvalue weighted by atomic mass is 9.44. The molecule has 248 valence electrons. The lowest BCUT2D eigenvalue weighted by molar-refractivity contribution is -0.284. The largest absolute Gasteiger partial charge is 0.508 e. The fourth-order valence-corrected chi connectivity index (χ4v) is 9.63. The van der Waals surface area contributed by atoms with Crippen LogP contribution in [0.5, 0.6) is 11.5 Å². The van der Waals surface area contributed by atoms with Crippen LogP contribution in [-0.4, -0.2) is 46.5 Å². The molecule has 5 rings (SSSR count). The molecule has 2 saturated carbocycles. The monoisotopic (exact) mass is 652 g/mol. The van der Waals surface area contributed by atoms with E-state index in [0.29, 0.717) is 18.3 Å². The van der Waals surface area contributed by atoms with Gasteiger partial charge in [-0.2, -0.15) is 33.7 Å². The number of aryl methyl sites for hydroxylation is 1. The molecule has 3 aliphatic carbocycles. The Bertz CT molecular complexity index is 1310. The Morgan fingerprint density at radius 3 is 2.44 bits per heavy atom. The second kappa shape index (κ2) is 13.5. The van der Waals surface area contributed by atoms with E-state index in [9.17, 15) is 32.2 Å². The number of fused-ring (bicyclic) bond motifs is 5. The number of hydrogen-bond acceptors (Lipinski definition) is 4. The molecule has 3 aliphatic rings. The van der Waals surface area contributed by atoms with Gasteiger partial charge in [-0.15, -0.1) is 6.58 Å². The first kappa shape index (κ1) is 34.1. The smallest absolute Gasteiger partial charge is 0.453 e. The van der Waals surface area contributed by atoms with Crippen molar-refractivity contribution in [1.29, 1.82) is 0 Å². The van der Waals surface area contributed by atoms with Gasteiger partial charge in [0.15, 0.2) is 0 Å². The predicted octanol–water partition coefficient (Wildman–Crippen LogP) is 9.82. The zero-order valence-electron chi connectivity index (χ0n) is 25.9. The molecule has 2 aromatic carbocycles. The summed E-state index contributed by atoms with van der Waals surface area (Å²) in [7, 11) is 0. The molecule has 0 heterocycles. The number of phenols is 1. The van der Waals surface area contributed by atoms with E-state index in [2.05, 4.69) is 37.8 Å². The van der Waals surface area contributed by atoms with Crippen LogP contribution in [0, 0.1) is 16.7 Å². The molecule has 45 heavy (non-hydrogen) atoms. The van der Waals surface area contributed by atoms with Gasteiger partial charge in [-0.1, -0.05) is 31.2 Å². The maximum Gasteiger partial charge on any atom is 0.453 e. The van der Waals surface area contributed by atoms with E-state index in [1.165, 1.54) is 28.5 Å². The van der Waals surface area contributed by atoms with Gasteiger partial charge in [0.05, 0.1) is 12.7 Å². The summed E-state index contributed by atoms with van der Waals surface area (Å²) in [6, 6.07) is 14.1. The molecule has 2 fully saturated rings. The highest BCUT2D eigenvalue weighted by molar-refractivity contribution is 7.99. The van der Waals surface area contributed by atoms with Gasteiger partial charge < -0.3 is 14.9 Å². The van der Waals surface area contributed by atoms with E-state index >= 15 is 0 Å². The normalized spacial score (nSPS) is 29.5. The van der Waals surface area contributed by atoms with Crippen molar-refractivity contribution in [2.24, 2.45) is 16.7 Å². The maximum absolute atomic E-state index is 13.0. The van der Waals surface area contributed by atoms with Gasteiger partial charge in [-0.25, -0.2) is 0 Å². The van der Waals surface area contributed by atoms with Gasteiger partial charge in [-0.05, 0) is 133 Å². The molecule has 0 aliphatic heterocycles. The summed E-state index contributed by atoms with van der Waals surface area (Å²) in [6.07, 6.45) is 2.11. The van der Waals surface area contributed by atoms with Crippen LogP contribution in [0.3, 0.4) is 0 Å². The minimum absolute atomic E-state index is 0.138. The topological polar surface area (TPSA) is 49.7 Å². The molecule has 0 radical (unpaired) electrons. The highest BCUT2D eigenvalue weighted by atomic mass is 32.2. The molecule has 2 aromatic rings. The Morgan fingerprint density at radius 1 is 1.00 bits per heavy atom. The SMILES string of the molecule is C=C[C@@]12CCc3cc(O)ccc3[C@H]1[C@@H](c1ccc(OCCCCCSCCCC(F)(F)C(F)(F)F)cc1)C[C@@]1(C)[C@H]2CC[C@@H]1O. The summed E-state index contributed by atoms with van der Waals surface area (Å²) in [5.74, 6) is -1.80. The molecular formula is C36H45F5O3S. The first-order valence-electron chi connectivity index (χ1n) is 16.2. The average Bonchev–Trinajstić information content (AvgIpc) is 3.31. The van der Waals surface area contributed by atoms with Crippen molar-refractivity contribution in [3.05, 3.63) is 71.8 Å². The minimum Gasteiger partial charge on any atom is -0.508 e. The van der Waals surface area contributed by atoms with Gasteiger partial charge in [0.2, 0.25) is 0 Å². The number of allylic oxidation sites excluding steroid dienone is 1. The van der Waals surface area contributed by atoms with Crippen molar-refractivity contribution < 1.29 is 36.9 Å². The summed E-state index contributed by atoms with van der Waals surface area (Å²) in [5.41, 5.74) is 3.35.